The summed E-state index contributed by atoms with van der Waals surface area (Å²) in [5, 5.41) is 4.33. The van der Waals surface area contributed by atoms with Gasteiger partial charge in [0.25, 0.3) is 0 Å². The molecule has 18 heavy (non-hydrogen) atoms. The predicted octanol–water partition coefficient (Wildman–Crippen LogP) is 0.604. The number of anilines is 1. The van der Waals surface area contributed by atoms with Crippen LogP contribution in [0.3, 0.4) is 0 Å². The molecule has 0 saturated carbocycles. The van der Waals surface area contributed by atoms with Crippen LogP contribution in [0.25, 0.3) is 5.65 Å². The van der Waals surface area contributed by atoms with Crippen molar-refractivity contribution in [3.05, 3.63) is 24.2 Å². The quantitative estimate of drug-likeness (QED) is 0.816. The number of sulfone groups is 1. The summed E-state index contributed by atoms with van der Waals surface area (Å²) in [4.78, 5) is 4.37. The zero-order valence-electron chi connectivity index (χ0n) is 9.78. The second-order valence-corrected chi connectivity index (χ2v) is 6.92. The van der Waals surface area contributed by atoms with E-state index in [0.29, 0.717) is 23.6 Å². The van der Waals surface area contributed by atoms with Crippen molar-refractivity contribution in [2.45, 2.75) is 18.8 Å². The van der Waals surface area contributed by atoms with E-state index in [1.54, 1.807) is 22.8 Å². The summed E-state index contributed by atoms with van der Waals surface area (Å²) >= 11 is 0. The van der Waals surface area contributed by atoms with Gasteiger partial charge in [0.1, 0.15) is 0 Å². The number of nitrogens with zero attached hydrogens (tertiary/aromatic N) is 3. The first-order valence-corrected chi connectivity index (χ1v) is 7.68. The Morgan fingerprint density at radius 2 is 2.28 bits per heavy atom. The number of nitrogens with two attached hydrogens (primary N) is 1. The lowest BCUT2D eigenvalue weighted by Crippen LogP contribution is -2.24. The third-order valence-electron chi connectivity index (χ3n) is 3.21. The van der Waals surface area contributed by atoms with Crippen LogP contribution in [-0.2, 0) is 9.84 Å². The molecule has 3 rings (SSSR count). The molecule has 1 atom stereocenters. The Morgan fingerprint density at radius 1 is 1.44 bits per heavy atom. The monoisotopic (exact) mass is 266 g/mol. The summed E-state index contributed by atoms with van der Waals surface area (Å²) in [5.41, 5.74) is 6.96. The maximum atomic E-state index is 11.6. The summed E-state index contributed by atoms with van der Waals surface area (Å²) in [6.07, 6.45) is 3.24. The smallest absolute Gasteiger partial charge is 0.157 e. The molecule has 2 aromatic rings. The second kappa shape index (κ2) is 3.94. The molecule has 6 nitrogen and oxygen atoms in total. The topological polar surface area (TPSA) is 90.4 Å². The largest absolute Gasteiger partial charge is 0.399 e. The molecule has 1 fully saturated rings. The van der Waals surface area contributed by atoms with Crippen LogP contribution in [0.1, 0.15) is 24.6 Å². The van der Waals surface area contributed by atoms with Crippen LogP contribution in [0.5, 0.6) is 0 Å². The van der Waals surface area contributed by atoms with Crippen molar-refractivity contribution < 1.29 is 8.42 Å². The fraction of sp³-hybridized carbons (Fsp3) is 0.455. The van der Waals surface area contributed by atoms with Gasteiger partial charge in [0.05, 0.1) is 11.5 Å². The van der Waals surface area contributed by atoms with Crippen molar-refractivity contribution in [1.29, 1.82) is 0 Å². The highest BCUT2D eigenvalue weighted by molar-refractivity contribution is 7.91. The zero-order chi connectivity index (χ0) is 12.8. The minimum Gasteiger partial charge on any atom is -0.399 e. The van der Waals surface area contributed by atoms with E-state index in [1.807, 2.05) is 0 Å². The zero-order valence-corrected chi connectivity index (χ0v) is 10.6. The van der Waals surface area contributed by atoms with E-state index in [4.69, 9.17) is 5.73 Å². The molecule has 0 aliphatic carbocycles. The minimum atomic E-state index is -2.94. The summed E-state index contributed by atoms with van der Waals surface area (Å²) in [6, 6.07) is 3.47. The average molecular weight is 266 g/mol. The van der Waals surface area contributed by atoms with Crippen LogP contribution in [0, 0.1) is 0 Å². The van der Waals surface area contributed by atoms with Gasteiger partial charge in [-0.2, -0.15) is 5.10 Å². The number of hydrogen-bond donors (Lipinski definition) is 1. The average Bonchev–Trinajstić information content (AvgIpc) is 2.70. The molecule has 0 spiro atoms. The van der Waals surface area contributed by atoms with E-state index in [2.05, 4.69) is 10.1 Å². The highest BCUT2D eigenvalue weighted by atomic mass is 32.2. The molecule has 2 aromatic heterocycles. The van der Waals surface area contributed by atoms with Crippen LogP contribution >= 0.6 is 0 Å². The summed E-state index contributed by atoms with van der Waals surface area (Å²) in [6.45, 7) is 0. The number of nitrogen functional groups attached to an aromatic ring is 1. The molecule has 1 aliphatic rings. The van der Waals surface area contributed by atoms with E-state index in [0.717, 1.165) is 6.42 Å². The van der Waals surface area contributed by atoms with Gasteiger partial charge < -0.3 is 5.73 Å². The molecule has 7 heteroatoms. The van der Waals surface area contributed by atoms with Crippen LogP contribution < -0.4 is 5.73 Å². The van der Waals surface area contributed by atoms with Gasteiger partial charge in [0.2, 0.25) is 0 Å². The third-order valence-corrected chi connectivity index (χ3v) is 5.03. The van der Waals surface area contributed by atoms with Gasteiger partial charge in [0, 0.05) is 23.9 Å². The molecule has 96 valence electrons. The Labute approximate surface area is 105 Å². The van der Waals surface area contributed by atoms with Gasteiger partial charge in [-0.1, -0.05) is 0 Å². The van der Waals surface area contributed by atoms with E-state index < -0.39 is 9.84 Å². The molecule has 1 saturated heterocycles. The minimum absolute atomic E-state index is 0.0927. The Balaban J connectivity index is 1.99. The lowest BCUT2D eigenvalue weighted by molar-refractivity contribution is 0.543. The van der Waals surface area contributed by atoms with Crippen molar-refractivity contribution in [1.82, 2.24) is 14.6 Å². The first kappa shape index (κ1) is 11.5. The van der Waals surface area contributed by atoms with E-state index in [9.17, 15) is 8.42 Å². The Bertz CT molecular complexity index is 692. The molecular weight excluding hydrogens is 252 g/mol. The normalized spacial score (nSPS) is 23.2. The molecule has 2 N–H and O–H groups in total. The van der Waals surface area contributed by atoms with Crippen molar-refractivity contribution in [3.63, 3.8) is 0 Å². The van der Waals surface area contributed by atoms with E-state index >= 15 is 0 Å². The van der Waals surface area contributed by atoms with E-state index in [-0.39, 0.29) is 17.4 Å². The maximum absolute atomic E-state index is 11.6. The van der Waals surface area contributed by atoms with Gasteiger partial charge >= 0.3 is 0 Å². The molecular formula is C11H14N4O2S. The molecule has 1 aliphatic heterocycles. The number of pyridine rings is 1. The number of rotatable bonds is 1. The second-order valence-electron chi connectivity index (χ2n) is 4.69. The molecule has 0 radical (unpaired) electrons. The van der Waals surface area contributed by atoms with Crippen LogP contribution in [0.15, 0.2) is 18.3 Å². The Morgan fingerprint density at radius 3 is 3.06 bits per heavy atom. The van der Waals surface area contributed by atoms with E-state index in [1.165, 1.54) is 0 Å². The van der Waals surface area contributed by atoms with Crippen LogP contribution in [0.4, 0.5) is 5.69 Å². The van der Waals surface area contributed by atoms with Crippen molar-refractivity contribution in [3.8, 4) is 0 Å². The Hall–Kier alpha value is -1.63. The highest BCUT2D eigenvalue weighted by Crippen LogP contribution is 2.26. The van der Waals surface area contributed by atoms with Crippen LogP contribution in [0.2, 0.25) is 0 Å². The third kappa shape index (κ3) is 2.05. The molecule has 0 amide bonds. The standard InChI is InChI=1S/C11H14N4O2S/c12-9-3-4-15-10(6-9)13-11(14-15)8-2-1-5-18(16,17)7-8/h3-4,6,8H,1-2,5,7,12H2. The fourth-order valence-electron chi connectivity index (χ4n) is 2.31. The lowest BCUT2D eigenvalue weighted by Gasteiger charge is -2.18. The van der Waals surface area contributed by atoms with Gasteiger partial charge in [-0.05, 0) is 18.9 Å². The molecule has 1 unspecified atom stereocenters. The predicted molar refractivity (Wildman–Crippen MR) is 68.0 cm³/mol. The highest BCUT2D eigenvalue weighted by Gasteiger charge is 2.28. The summed E-state index contributed by atoms with van der Waals surface area (Å²) in [7, 11) is -2.94. The SMILES string of the molecule is Nc1ccn2nc(C3CCCS(=O)(=O)C3)nc2c1. The fourth-order valence-corrected chi connectivity index (χ4v) is 4.02. The van der Waals surface area contributed by atoms with Gasteiger partial charge in [-0.15, -0.1) is 0 Å². The van der Waals surface area contributed by atoms with Crippen LogP contribution in [-0.4, -0.2) is 34.5 Å². The summed E-state index contributed by atoms with van der Waals surface area (Å²) in [5.74, 6) is 0.942. The first-order valence-electron chi connectivity index (χ1n) is 5.86. The lowest BCUT2D eigenvalue weighted by atomic mass is 10.1. The number of fused-ring (bicyclic) bond motifs is 1. The molecule has 0 aromatic carbocycles. The van der Waals surface area contributed by atoms with Crippen molar-refractivity contribution in [2.24, 2.45) is 0 Å². The Kier molecular flexibility index (Phi) is 2.51. The van der Waals surface area contributed by atoms with Gasteiger partial charge in [0.15, 0.2) is 21.3 Å². The number of hydrogen-bond acceptors (Lipinski definition) is 5. The van der Waals surface area contributed by atoms with Gasteiger partial charge in [-0.3, -0.25) is 0 Å². The first-order chi connectivity index (χ1) is 8.53. The molecule has 3 heterocycles. The maximum Gasteiger partial charge on any atom is 0.157 e. The van der Waals surface area contributed by atoms with Gasteiger partial charge in [-0.25, -0.2) is 17.9 Å². The van der Waals surface area contributed by atoms with Crippen molar-refractivity contribution >= 4 is 21.2 Å². The van der Waals surface area contributed by atoms with Crippen molar-refractivity contribution in [2.75, 3.05) is 17.2 Å². The summed E-state index contributed by atoms with van der Waals surface area (Å²) < 4.78 is 24.9. The molecule has 0 bridgehead atoms. The number of aromatic nitrogens is 3.